The number of halogens is 1. The van der Waals surface area contributed by atoms with Crippen LogP contribution in [0.5, 0.6) is 0 Å². The number of piperidine rings is 1. The number of amides is 1. The van der Waals surface area contributed by atoms with Crippen LogP contribution in [-0.2, 0) is 14.8 Å². The molecule has 1 fully saturated rings. The van der Waals surface area contributed by atoms with Gasteiger partial charge in [0.05, 0.1) is 0 Å². The number of carbonyl (C=O) groups excluding carboxylic acids is 1. The van der Waals surface area contributed by atoms with Crippen molar-refractivity contribution in [3.8, 4) is 0 Å². The second-order valence-electron chi connectivity index (χ2n) is 8.73. The van der Waals surface area contributed by atoms with Crippen molar-refractivity contribution in [1.82, 2.24) is 9.46 Å². The smallest absolute Gasteiger partial charge is 0.248 e. The number of carbonyl (C=O) groups is 1. The molecule has 3 aromatic rings. The van der Waals surface area contributed by atoms with Gasteiger partial charge >= 0.3 is 0 Å². The third-order valence-electron chi connectivity index (χ3n) is 6.44. The molecule has 0 spiro atoms. The Morgan fingerprint density at radius 3 is 2.51 bits per heavy atom. The summed E-state index contributed by atoms with van der Waals surface area (Å²) in [6.45, 7) is 5.91. The molecule has 0 atom stereocenters. The van der Waals surface area contributed by atoms with Gasteiger partial charge < -0.3 is 9.84 Å². The van der Waals surface area contributed by atoms with E-state index in [0.717, 1.165) is 16.8 Å². The van der Waals surface area contributed by atoms with E-state index < -0.39 is 15.8 Å². The monoisotopic (exact) mass is 497 g/mol. The van der Waals surface area contributed by atoms with Crippen molar-refractivity contribution in [3.05, 3.63) is 76.4 Å². The molecule has 2 heterocycles. The number of hydrogen-bond acceptors (Lipinski definition) is 5. The minimum atomic E-state index is -3.91. The molecule has 9 heteroatoms. The van der Waals surface area contributed by atoms with Crippen LogP contribution in [0.25, 0.3) is 12.2 Å². The van der Waals surface area contributed by atoms with Gasteiger partial charge in [-0.1, -0.05) is 35.5 Å². The first kappa shape index (κ1) is 24.8. The van der Waals surface area contributed by atoms with Crippen LogP contribution < -0.4 is 5.32 Å². The fourth-order valence-electron chi connectivity index (χ4n) is 4.18. The first-order valence-electron chi connectivity index (χ1n) is 11.4. The van der Waals surface area contributed by atoms with Crippen LogP contribution in [0.15, 0.2) is 51.9 Å². The van der Waals surface area contributed by atoms with Crippen LogP contribution >= 0.6 is 0 Å². The Labute approximate surface area is 204 Å². The molecule has 1 aliphatic heterocycles. The van der Waals surface area contributed by atoms with Crippen LogP contribution in [0.1, 0.15) is 41.0 Å². The lowest BCUT2D eigenvalue weighted by Gasteiger charge is -2.30. The maximum absolute atomic E-state index is 13.9. The number of rotatable bonds is 6. The number of aromatic nitrogens is 1. The van der Waals surface area contributed by atoms with Crippen molar-refractivity contribution in [2.45, 2.75) is 38.5 Å². The highest BCUT2D eigenvalue weighted by atomic mass is 32.2. The Hall–Kier alpha value is -3.30. The van der Waals surface area contributed by atoms with Gasteiger partial charge in [0.25, 0.3) is 0 Å². The zero-order valence-corrected chi connectivity index (χ0v) is 20.7. The molecule has 1 amide bonds. The lowest BCUT2D eigenvalue weighted by molar-refractivity contribution is -0.120. The fourth-order valence-corrected chi connectivity index (χ4v) is 5.90. The Morgan fingerprint density at radius 2 is 1.80 bits per heavy atom. The highest BCUT2D eigenvalue weighted by Crippen LogP contribution is 2.30. The first-order valence-corrected chi connectivity index (χ1v) is 12.9. The maximum atomic E-state index is 13.9. The van der Waals surface area contributed by atoms with Gasteiger partial charge in [-0.15, -0.1) is 0 Å². The predicted octanol–water partition coefficient (Wildman–Crippen LogP) is 4.95. The molecule has 4 rings (SSSR count). The van der Waals surface area contributed by atoms with E-state index in [2.05, 4.69) is 10.5 Å². The summed E-state index contributed by atoms with van der Waals surface area (Å²) in [5.74, 6) is -0.776. The van der Waals surface area contributed by atoms with Gasteiger partial charge in [0, 0.05) is 30.3 Å². The predicted molar refractivity (Wildman–Crippen MR) is 133 cm³/mol. The van der Waals surface area contributed by atoms with E-state index >= 15 is 0 Å². The average Bonchev–Trinajstić information content (AvgIpc) is 3.22. The van der Waals surface area contributed by atoms with Gasteiger partial charge in [0.2, 0.25) is 15.9 Å². The summed E-state index contributed by atoms with van der Waals surface area (Å²) in [6.07, 6.45) is 3.68. The van der Waals surface area contributed by atoms with Gasteiger partial charge in [-0.2, -0.15) is 4.31 Å². The van der Waals surface area contributed by atoms with E-state index in [1.54, 1.807) is 25.1 Å². The number of aryl methyl sites for hydroxylation is 2. The Morgan fingerprint density at radius 1 is 1.09 bits per heavy atom. The normalized spacial score (nSPS) is 15.5. The lowest BCUT2D eigenvalue weighted by atomic mass is 9.97. The molecule has 35 heavy (non-hydrogen) atoms. The number of nitrogens with zero attached hydrogens (tertiary/aromatic N) is 2. The molecular formula is C26H28FN3O4S. The van der Waals surface area contributed by atoms with E-state index in [9.17, 15) is 17.6 Å². The summed E-state index contributed by atoms with van der Waals surface area (Å²) in [6, 6.07) is 11.9. The topological polar surface area (TPSA) is 92.5 Å². The standard InChI is InChI=1S/C26H28FN3O4S/c1-17-7-6-10-23(18(17)2)28-26(31)21-13-15-30(16-14-21)35(32,33)25-19(3)29-34-24(25)12-11-20-8-4-5-9-22(20)27/h4-12,21H,13-16H2,1-3H3,(H,28,31). The second kappa shape index (κ2) is 10.1. The number of hydrogen-bond donors (Lipinski definition) is 1. The molecule has 0 radical (unpaired) electrons. The summed E-state index contributed by atoms with van der Waals surface area (Å²) in [5.41, 5.74) is 3.41. The number of nitrogens with one attached hydrogen (secondary N) is 1. The largest absolute Gasteiger partial charge is 0.355 e. The Balaban J connectivity index is 1.47. The van der Waals surface area contributed by atoms with Crippen LogP contribution in [-0.4, -0.2) is 36.9 Å². The van der Waals surface area contributed by atoms with E-state index in [1.807, 2.05) is 32.0 Å². The van der Waals surface area contributed by atoms with E-state index in [-0.39, 0.29) is 41.3 Å². The highest BCUT2D eigenvalue weighted by molar-refractivity contribution is 7.89. The molecule has 1 aromatic heterocycles. The Kier molecular flexibility index (Phi) is 7.18. The molecule has 2 aromatic carbocycles. The third kappa shape index (κ3) is 5.21. The van der Waals surface area contributed by atoms with Crippen molar-refractivity contribution < 1.29 is 22.1 Å². The molecule has 1 N–H and O–H groups in total. The molecule has 0 unspecified atom stereocenters. The zero-order chi connectivity index (χ0) is 25.2. The molecule has 7 nitrogen and oxygen atoms in total. The van der Waals surface area contributed by atoms with Crippen LogP contribution in [0.3, 0.4) is 0 Å². The molecule has 184 valence electrons. The summed E-state index contributed by atoms with van der Waals surface area (Å²) in [4.78, 5) is 12.8. The summed E-state index contributed by atoms with van der Waals surface area (Å²) in [5, 5.41) is 6.81. The molecule has 0 bridgehead atoms. The highest BCUT2D eigenvalue weighted by Gasteiger charge is 2.36. The van der Waals surface area contributed by atoms with Crippen molar-refractivity contribution in [3.63, 3.8) is 0 Å². The van der Waals surface area contributed by atoms with Crippen molar-refractivity contribution in [1.29, 1.82) is 0 Å². The molecule has 0 saturated carbocycles. The molecule has 1 aliphatic rings. The molecule has 0 aliphatic carbocycles. The van der Waals surface area contributed by atoms with E-state index in [4.69, 9.17) is 4.52 Å². The van der Waals surface area contributed by atoms with Crippen molar-refractivity contribution >= 4 is 33.8 Å². The summed E-state index contributed by atoms with van der Waals surface area (Å²) >= 11 is 0. The minimum absolute atomic E-state index is 0.0385. The van der Waals surface area contributed by atoms with Gasteiger partial charge in [0.1, 0.15) is 11.5 Å². The lowest BCUT2D eigenvalue weighted by Crippen LogP contribution is -2.41. The SMILES string of the molecule is Cc1cccc(NC(=O)C2CCN(S(=O)(=O)c3c(C)noc3C=Cc3ccccc3F)CC2)c1C. The van der Waals surface area contributed by atoms with Gasteiger partial charge in [-0.25, -0.2) is 12.8 Å². The van der Waals surface area contributed by atoms with Crippen LogP contribution in [0.2, 0.25) is 0 Å². The Bertz CT molecular complexity index is 1370. The van der Waals surface area contributed by atoms with E-state index in [1.165, 1.54) is 22.5 Å². The maximum Gasteiger partial charge on any atom is 0.248 e. The van der Waals surface area contributed by atoms with Crippen molar-refractivity contribution in [2.75, 3.05) is 18.4 Å². The number of sulfonamides is 1. The molecular weight excluding hydrogens is 469 g/mol. The van der Waals surface area contributed by atoms with Crippen LogP contribution in [0.4, 0.5) is 10.1 Å². The van der Waals surface area contributed by atoms with Crippen molar-refractivity contribution in [2.24, 2.45) is 5.92 Å². The first-order chi connectivity index (χ1) is 16.7. The summed E-state index contributed by atoms with van der Waals surface area (Å²) < 4.78 is 47.4. The zero-order valence-electron chi connectivity index (χ0n) is 19.9. The number of benzene rings is 2. The average molecular weight is 498 g/mol. The van der Waals surface area contributed by atoms with Gasteiger partial charge in [-0.3, -0.25) is 4.79 Å². The quantitative estimate of drug-likeness (QED) is 0.520. The number of anilines is 1. The molecule has 1 saturated heterocycles. The second-order valence-corrected chi connectivity index (χ2v) is 10.6. The third-order valence-corrected chi connectivity index (χ3v) is 8.50. The van der Waals surface area contributed by atoms with Gasteiger partial charge in [-0.05, 0) is 69.0 Å². The summed E-state index contributed by atoms with van der Waals surface area (Å²) in [7, 11) is -3.91. The minimum Gasteiger partial charge on any atom is -0.355 e. The fraction of sp³-hybridized carbons (Fsp3) is 0.308. The van der Waals surface area contributed by atoms with Crippen LogP contribution in [0, 0.1) is 32.5 Å². The van der Waals surface area contributed by atoms with E-state index in [0.29, 0.717) is 18.4 Å². The van der Waals surface area contributed by atoms with Gasteiger partial charge in [0.15, 0.2) is 10.7 Å².